The molecule has 0 bridgehead atoms. The summed E-state index contributed by atoms with van der Waals surface area (Å²) in [6, 6.07) is 20.7. The number of nitrogens with one attached hydrogen (secondary N) is 2. The van der Waals surface area contributed by atoms with Crippen molar-refractivity contribution in [2.45, 2.75) is 42.9 Å². The van der Waals surface area contributed by atoms with E-state index in [-0.39, 0.29) is 0 Å². The van der Waals surface area contributed by atoms with Crippen LogP contribution in [0.2, 0.25) is 0 Å². The Morgan fingerprint density at radius 2 is 1.43 bits per heavy atom. The fourth-order valence-corrected chi connectivity index (χ4v) is 6.09. The maximum atomic E-state index is 13.7. The zero-order chi connectivity index (χ0) is 28.6. The summed E-state index contributed by atoms with van der Waals surface area (Å²) < 4.78 is 76.7. The number of rotatable bonds is 12. The van der Waals surface area contributed by atoms with Crippen molar-refractivity contribution >= 4 is 10.0 Å². The van der Waals surface area contributed by atoms with Gasteiger partial charge in [-0.1, -0.05) is 90.5 Å². The number of alkyl halides is 3. The predicted octanol–water partition coefficient (Wildman–Crippen LogP) is 6.74. The Morgan fingerprint density at radius 3 is 2.02 bits per heavy atom. The molecule has 0 aromatic heterocycles. The standard InChI is InChI=1S/C31H33F3N2O3S/c1-23-16-18-24(19-17-23)22-39-21-20-35-29(25-10-4-2-5-11-25)30(26-12-6-3-7-13-26)36-40(37,38)28-15-9-8-14-27(28)31(32,33)34/h2-16,19,29-30,35-36H,17-18,20-22H2,1H3/t29-,30+/m0/s1. The SMILES string of the molecule is CC1=CCC(COCCN[C@@H](c2ccccc2)[C@H](NS(=O)(=O)c2ccccc2C(F)(F)F)c2ccccc2)=CC1. The van der Waals surface area contributed by atoms with E-state index < -0.39 is 38.7 Å². The van der Waals surface area contributed by atoms with Crippen molar-refractivity contribution in [2.24, 2.45) is 0 Å². The first kappa shape index (κ1) is 29.7. The fraction of sp³-hybridized carbons (Fsp3) is 0.290. The number of benzene rings is 3. The van der Waals surface area contributed by atoms with E-state index in [0.717, 1.165) is 30.5 Å². The summed E-state index contributed by atoms with van der Waals surface area (Å²) in [5.41, 5.74) is 2.71. The third kappa shape index (κ3) is 7.91. The highest BCUT2D eigenvalue weighted by molar-refractivity contribution is 7.89. The van der Waals surface area contributed by atoms with Gasteiger partial charge in [0.05, 0.1) is 35.8 Å². The van der Waals surface area contributed by atoms with Crippen molar-refractivity contribution in [3.63, 3.8) is 0 Å². The summed E-state index contributed by atoms with van der Waals surface area (Å²) in [7, 11) is -4.58. The molecular weight excluding hydrogens is 537 g/mol. The van der Waals surface area contributed by atoms with E-state index in [9.17, 15) is 21.6 Å². The van der Waals surface area contributed by atoms with Gasteiger partial charge >= 0.3 is 6.18 Å². The number of hydrogen-bond acceptors (Lipinski definition) is 4. The number of ether oxygens (including phenoxy) is 1. The molecule has 0 unspecified atom stereocenters. The van der Waals surface area contributed by atoms with Gasteiger partial charge < -0.3 is 10.1 Å². The van der Waals surface area contributed by atoms with Gasteiger partial charge in [0.25, 0.3) is 0 Å². The first-order valence-electron chi connectivity index (χ1n) is 13.1. The van der Waals surface area contributed by atoms with E-state index >= 15 is 0 Å². The summed E-state index contributed by atoms with van der Waals surface area (Å²) in [5.74, 6) is 0. The monoisotopic (exact) mass is 570 g/mol. The second-order valence-corrected chi connectivity index (χ2v) is 11.4. The lowest BCUT2D eigenvalue weighted by Gasteiger charge is -2.30. The van der Waals surface area contributed by atoms with Crippen LogP contribution in [0.25, 0.3) is 0 Å². The van der Waals surface area contributed by atoms with Crippen molar-refractivity contribution < 1.29 is 26.3 Å². The van der Waals surface area contributed by atoms with Crippen molar-refractivity contribution in [3.8, 4) is 0 Å². The lowest BCUT2D eigenvalue weighted by molar-refractivity contribution is -0.139. The molecule has 2 N–H and O–H groups in total. The Morgan fingerprint density at radius 1 is 0.825 bits per heavy atom. The number of halogens is 3. The molecule has 0 spiro atoms. The van der Waals surface area contributed by atoms with Gasteiger partial charge in [-0.15, -0.1) is 0 Å². The third-order valence-corrected chi connectivity index (χ3v) is 8.24. The van der Waals surface area contributed by atoms with Crippen LogP contribution in [0.5, 0.6) is 0 Å². The van der Waals surface area contributed by atoms with Crippen LogP contribution in [-0.2, 0) is 20.9 Å². The molecule has 9 heteroatoms. The van der Waals surface area contributed by atoms with Gasteiger partial charge in [0, 0.05) is 6.54 Å². The zero-order valence-corrected chi connectivity index (χ0v) is 23.0. The molecule has 3 aromatic rings. The van der Waals surface area contributed by atoms with E-state index in [2.05, 4.69) is 29.1 Å². The first-order chi connectivity index (χ1) is 19.1. The maximum absolute atomic E-state index is 13.7. The minimum absolute atomic E-state index is 0.370. The highest BCUT2D eigenvalue weighted by Gasteiger charge is 2.38. The molecule has 2 atom stereocenters. The van der Waals surface area contributed by atoms with Crippen LogP contribution in [0.15, 0.2) is 113 Å². The van der Waals surface area contributed by atoms with Gasteiger partial charge in [-0.05, 0) is 48.6 Å². The molecule has 1 aliphatic carbocycles. The highest BCUT2D eigenvalue weighted by atomic mass is 32.2. The molecule has 3 aromatic carbocycles. The summed E-state index contributed by atoms with van der Waals surface area (Å²) in [5, 5.41) is 3.39. The van der Waals surface area contributed by atoms with Crippen LogP contribution in [0.3, 0.4) is 0 Å². The molecule has 4 rings (SSSR count). The topological polar surface area (TPSA) is 67.4 Å². The van der Waals surface area contributed by atoms with E-state index in [0.29, 0.717) is 25.3 Å². The highest BCUT2D eigenvalue weighted by Crippen LogP contribution is 2.36. The minimum Gasteiger partial charge on any atom is -0.376 e. The average molecular weight is 571 g/mol. The van der Waals surface area contributed by atoms with Crippen LogP contribution in [-0.4, -0.2) is 28.2 Å². The largest absolute Gasteiger partial charge is 0.417 e. The summed E-state index contributed by atoms with van der Waals surface area (Å²) in [6.45, 7) is 3.37. The molecule has 0 saturated heterocycles. The van der Waals surface area contributed by atoms with Crippen LogP contribution >= 0.6 is 0 Å². The minimum atomic E-state index is -4.83. The number of hydrogen-bond donors (Lipinski definition) is 2. The van der Waals surface area contributed by atoms with Gasteiger partial charge in [0.15, 0.2) is 0 Å². The molecule has 40 heavy (non-hydrogen) atoms. The molecule has 0 heterocycles. The molecule has 0 fully saturated rings. The van der Waals surface area contributed by atoms with Crippen molar-refractivity contribution in [1.82, 2.24) is 10.0 Å². The molecule has 212 valence electrons. The van der Waals surface area contributed by atoms with E-state index in [1.807, 2.05) is 30.3 Å². The molecule has 0 radical (unpaired) electrons. The maximum Gasteiger partial charge on any atom is 0.417 e. The number of allylic oxidation sites excluding steroid dienone is 3. The molecular formula is C31H33F3N2O3S. The van der Waals surface area contributed by atoms with Crippen LogP contribution in [0.1, 0.15) is 48.5 Å². The van der Waals surface area contributed by atoms with E-state index in [4.69, 9.17) is 4.74 Å². The van der Waals surface area contributed by atoms with Gasteiger partial charge in [0.2, 0.25) is 10.0 Å². The van der Waals surface area contributed by atoms with Crippen LogP contribution in [0.4, 0.5) is 13.2 Å². The normalized spacial score (nSPS) is 15.7. The first-order valence-corrected chi connectivity index (χ1v) is 14.6. The second kappa shape index (κ2) is 13.4. The smallest absolute Gasteiger partial charge is 0.376 e. The Bertz CT molecular complexity index is 1420. The average Bonchev–Trinajstić information content (AvgIpc) is 2.95. The fourth-order valence-electron chi connectivity index (χ4n) is 4.63. The molecule has 0 aliphatic heterocycles. The van der Waals surface area contributed by atoms with Crippen LogP contribution < -0.4 is 10.0 Å². The van der Waals surface area contributed by atoms with Crippen LogP contribution in [0, 0.1) is 0 Å². The quantitative estimate of drug-likeness (QED) is 0.187. The van der Waals surface area contributed by atoms with Gasteiger partial charge in [0.1, 0.15) is 0 Å². The Hall–Kier alpha value is -3.24. The van der Waals surface area contributed by atoms with E-state index in [1.165, 1.54) is 23.3 Å². The number of sulfonamides is 1. The van der Waals surface area contributed by atoms with Crippen molar-refractivity contribution in [3.05, 3.63) is 125 Å². The lowest BCUT2D eigenvalue weighted by Crippen LogP contribution is -2.40. The van der Waals surface area contributed by atoms with Gasteiger partial charge in [-0.25, -0.2) is 13.1 Å². The Labute approximate surface area is 233 Å². The molecule has 5 nitrogen and oxygen atoms in total. The zero-order valence-electron chi connectivity index (χ0n) is 22.2. The van der Waals surface area contributed by atoms with E-state index in [1.54, 1.807) is 30.3 Å². The van der Waals surface area contributed by atoms with Gasteiger partial charge in [-0.2, -0.15) is 13.2 Å². The second-order valence-electron chi connectivity index (χ2n) is 9.72. The third-order valence-electron chi connectivity index (χ3n) is 6.74. The van der Waals surface area contributed by atoms with Gasteiger partial charge in [-0.3, -0.25) is 0 Å². The summed E-state index contributed by atoms with van der Waals surface area (Å²) in [6.07, 6.45) is 1.32. The van der Waals surface area contributed by atoms with Crippen molar-refractivity contribution in [2.75, 3.05) is 19.8 Å². The summed E-state index contributed by atoms with van der Waals surface area (Å²) >= 11 is 0. The molecule has 0 saturated carbocycles. The Kier molecular flexibility index (Phi) is 9.97. The summed E-state index contributed by atoms with van der Waals surface area (Å²) in [4.78, 5) is -0.816. The van der Waals surface area contributed by atoms with Crippen molar-refractivity contribution in [1.29, 1.82) is 0 Å². The molecule has 1 aliphatic rings. The molecule has 0 amide bonds. The predicted molar refractivity (Wildman–Crippen MR) is 150 cm³/mol. The Balaban J connectivity index is 1.59. The lowest BCUT2D eigenvalue weighted by atomic mass is 9.94.